The fourth-order valence-electron chi connectivity index (χ4n) is 4.06. The van der Waals surface area contributed by atoms with Gasteiger partial charge in [0.2, 0.25) is 5.91 Å². The van der Waals surface area contributed by atoms with Crippen LogP contribution in [0, 0.1) is 5.82 Å². The number of halogens is 1. The summed E-state index contributed by atoms with van der Waals surface area (Å²) in [4.78, 5) is 16.7. The zero-order chi connectivity index (χ0) is 16.3. The number of carbonyl (C=O) groups is 1. The van der Waals surface area contributed by atoms with Gasteiger partial charge in [0.1, 0.15) is 5.82 Å². The molecule has 0 N–H and O–H groups in total. The summed E-state index contributed by atoms with van der Waals surface area (Å²) in [6.07, 6.45) is 6.68. The largest absolute Gasteiger partial charge is 0.333 e. The highest BCUT2D eigenvalue weighted by Crippen LogP contribution is 2.39. The molecule has 124 valence electrons. The third kappa shape index (κ3) is 3.47. The molecule has 1 atom stereocenters. The van der Waals surface area contributed by atoms with E-state index in [2.05, 4.69) is 16.4 Å². The highest BCUT2D eigenvalue weighted by atomic mass is 19.1. The molecule has 2 saturated heterocycles. The number of hydrogen-bond acceptors (Lipinski definition) is 2. The van der Waals surface area contributed by atoms with Crippen LogP contribution in [0.15, 0.2) is 36.9 Å². The fraction of sp³-hybridized carbons (Fsp3) is 0.526. The Morgan fingerprint density at radius 2 is 1.96 bits per heavy atom. The van der Waals surface area contributed by atoms with E-state index in [1.807, 2.05) is 18.2 Å². The molecule has 0 aliphatic carbocycles. The van der Waals surface area contributed by atoms with Crippen LogP contribution in [0.1, 0.15) is 37.7 Å². The Bertz CT molecular complexity index is 571. The molecule has 0 bridgehead atoms. The van der Waals surface area contributed by atoms with E-state index < -0.39 is 0 Å². The van der Waals surface area contributed by atoms with Crippen molar-refractivity contribution in [1.82, 2.24) is 9.80 Å². The van der Waals surface area contributed by atoms with Crippen LogP contribution < -0.4 is 0 Å². The van der Waals surface area contributed by atoms with E-state index in [1.54, 1.807) is 0 Å². The highest BCUT2D eigenvalue weighted by molar-refractivity contribution is 5.79. The van der Waals surface area contributed by atoms with Crippen molar-refractivity contribution < 1.29 is 9.18 Å². The van der Waals surface area contributed by atoms with Crippen LogP contribution in [0.25, 0.3) is 0 Å². The number of nitrogens with zero attached hydrogens (tertiary/aromatic N) is 2. The average molecular weight is 316 g/mol. The standard InChI is InChI=1S/C19H25FN2O/c1-2-12-22-18(23)8-10-19(22)9-3-13-21(14-11-19)15-16-4-6-17(20)7-5-16/h2,4-7H,1,3,8-15H2. The zero-order valence-electron chi connectivity index (χ0n) is 13.6. The molecule has 1 amide bonds. The van der Waals surface area contributed by atoms with E-state index in [-0.39, 0.29) is 17.3 Å². The number of benzene rings is 1. The minimum atomic E-state index is -0.187. The van der Waals surface area contributed by atoms with Crippen LogP contribution in [0.5, 0.6) is 0 Å². The summed E-state index contributed by atoms with van der Waals surface area (Å²) < 4.78 is 13.0. The smallest absolute Gasteiger partial charge is 0.223 e. The summed E-state index contributed by atoms with van der Waals surface area (Å²) in [5, 5.41) is 0. The van der Waals surface area contributed by atoms with Gasteiger partial charge in [-0.05, 0) is 49.9 Å². The summed E-state index contributed by atoms with van der Waals surface area (Å²) in [7, 11) is 0. The van der Waals surface area contributed by atoms with Gasteiger partial charge in [-0.1, -0.05) is 18.2 Å². The van der Waals surface area contributed by atoms with Gasteiger partial charge in [0.25, 0.3) is 0 Å². The van der Waals surface area contributed by atoms with Gasteiger partial charge in [0.05, 0.1) is 0 Å². The van der Waals surface area contributed by atoms with E-state index in [9.17, 15) is 9.18 Å². The van der Waals surface area contributed by atoms with Crippen molar-refractivity contribution in [3.8, 4) is 0 Å². The van der Waals surface area contributed by atoms with Gasteiger partial charge in [-0.25, -0.2) is 4.39 Å². The summed E-state index contributed by atoms with van der Waals surface area (Å²) in [5.41, 5.74) is 1.18. The maximum atomic E-state index is 13.0. The van der Waals surface area contributed by atoms with Crippen LogP contribution in [0.4, 0.5) is 4.39 Å². The van der Waals surface area contributed by atoms with Crippen molar-refractivity contribution in [2.45, 2.75) is 44.2 Å². The summed E-state index contributed by atoms with van der Waals surface area (Å²) in [5.74, 6) is 0.0880. The maximum Gasteiger partial charge on any atom is 0.223 e. The SMILES string of the molecule is C=CCN1C(=O)CCC12CCCN(Cc1ccc(F)cc1)CC2. The van der Waals surface area contributed by atoms with Gasteiger partial charge in [-0.2, -0.15) is 0 Å². The first-order valence-electron chi connectivity index (χ1n) is 8.51. The van der Waals surface area contributed by atoms with Crippen LogP contribution in [-0.4, -0.2) is 40.9 Å². The molecule has 0 saturated carbocycles. The van der Waals surface area contributed by atoms with Gasteiger partial charge in [-0.15, -0.1) is 6.58 Å². The monoisotopic (exact) mass is 316 g/mol. The summed E-state index contributed by atoms with van der Waals surface area (Å²) in [6.45, 7) is 7.34. The summed E-state index contributed by atoms with van der Waals surface area (Å²) in [6, 6.07) is 6.77. The molecule has 2 aliphatic heterocycles. The minimum absolute atomic E-state index is 0.0306. The second-order valence-corrected chi connectivity index (χ2v) is 6.77. The molecule has 4 heteroatoms. The minimum Gasteiger partial charge on any atom is -0.333 e. The van der Waals surface area contributed by atoms with Gasteiger partial charge in [0, 0.05) is 31.6 Å². The van der Waals surface area contributed by atoms with Crippen molar-refractivity contribution in [3.63, 3.8) is 0 Å². The molecule has 1 unspecified atom stereocenters. The van der Waals surface area contributed by atoms with Gasteiger partial charge >= 0.3 is 0 Å². The molecule has 0 aromatic heterocycles. The molecule has 1 spiro atoms. The van der Waals surface area contributed by atoms with Crippen LogP contribution in [0.2, 0.25) is 0 Å². The maximum absolute atomic E-state index is 13.0. The lowest BCUT2D eigenvalue weighted by Gasteiger charge is -2.37. The van der Waals surface area contributed by atoms with Crippen molar-refractivity contribution in [2.75, 3.05) is 19.6 Å². The Hall–Kier alpha value is -1.68. The van der Waals surface area contributed by atoms with Crippen LogP contribution in [0.3, 0.4) is 0 Å². The van der Waals surface area contributed by atoms with E-state index in [0.29, 0.717) is 13.0 Å². The van der Waals surface area contributed by atoms with Gasteiger partial charge < -0.3 is 4.90 Å². The van der Waals surface area contributed by atoms with E-state index >= 15 is 0 Å². The third-order valence-corrected chi connectivity index (χ3v) is 5.32. The predicted molar refractivity (Wildman–Crippen MR) is 89.4 cm³/mol. The van der Waals surface area contributed by atoms with Crippen molar-refractivity contribution in [3.05, 3.63) is 48.3 Å². The predicted octanol–water partition coefficient (Wildman–Crippen LogP) is 3.36. The first-order chi connectivity index (χ1) is 11.1. The molecule has 0 radical (unpaired) electrons. The number of amides is 1. The lowest BCUT2D eigenvalue weighted by Crippen LogP contribution is -2.46. The molecule has 1 aromatic carbocycles. The van der Waals surface area contributed by atoms with Crippen molar-refractivity contribution in [2.24, 2.45) is 0 Å². The number of likely N-dealkylation sites (tertiary alicyclic amines) is 2. The van der Waals surface area contributed by atoms with Crippen LogP contribution >= 0.6 is 0 Å². The van der Waals surface area contributed by atoms with Gasteiger partial charge in [0.15, 0.2) is 0 Å². The molecule has 3 rings (SSSR count). The van der Waals surface area contributed by atoms with Crippen molar-refractivity contribution in [1.29, 1.82) is 0 Å². The Kier molecular flexibility index (Phi) is 4.81. The molecule has 2 aliphatic rings. The molecule has 23 heavy (non-hydrogen) atoms. The first-order valence-corrected chi connectivity index (χ1v) is 8.51. The van der Waals surface area contributed by atoms with E-state index in [0.717, 1.165) is 50.9 Å². The van der Waals surface area contributed by atoms with Crippen LogP contribution in [-0.2, 0) is 11.3 Å². The quantitative estimate of drug-likeness (QED) is 0.795. The fourth-order valence-corrected chi connectivity index (χ4v) is 4.06. The lowest BCUT2D eigenvalue weighted by molar-refractivity contribution is -0.130. The zero-order valence-corrected chi connectivity index (χ0v) is 13.6. The Morgan fingerprint density at radius 1 is 1.17 bits per heavy atom. The first kappa shape index (κ1) is 16.2. The van der Waals surface area contributed by atoms with E-state index in [4.69, 9.17) is 0 Å². The Balaban J connectivity index is 1.66. The molecular formula is C19H25FN2O. The highest BCUT2D eigenvalue weighted by Gasteiger charge is 2.44. The number of hydrogen-bond donors (Lipinski definition) is 0. The average Bonchev–Trinajstić information content (AvgIpc) is 2.72. The topological polar surface area (TPSA) is 23.6 Å². The second kappa shape index (κ2) is 6.83. The number of rotatable bonds is 4. The molecule has 1 aromatic rings. The van der Waals surface area contributed by atoms with E-state index in [1.165, 1.54) is 12.1 Å². The lowest BCUT2D eigenvalue weighted by atomic mass is 9.87. The number of carbonyl (C=O) groups excluding carboxylic acids is 1. The normalized spacial score (nSPS) is 25.8. The third-order valence-electron chi connectivity index (χ3n) is 5.32. The van der Waals surface area contributed by atoms with Gasteiger partial charge in [-0.3, -0.25) is 9.69 Å². The van der Waals surface area contributed by atoms with Crippen molar-refractivity contribution >= 4 is 5.91 Å². The Labute approximate surface area is 137 Å². The summed E-state index contributed by atoms with van der Waals surface area (Å²) >= 11 is 0. The Morgan fingerprint density at radius 3 is 2.70 bits per heavy atom. The molecule has 2 fully saturated rings. The molecular weight excluding hydrogens is 291 g/mol. The molecule has 2 heterocycles. The molecule has 3 nitrogen and oxygen atoms in total. The second-order valence-electron chi connectivity index (χ2n) is 6.77.